The number of ether oxygens (including phenoxy) is 1. The second kappa shape index (κ2) is 9.13. The second-order valence-electron chi connectivity index (χ2n) is 7.12. The predicted molar refractivity (Wildman–Crippen MR) is 123 cm³/mol. The minimum Gasteiger partial charge on any atom is -0.455 e. The minimum atomic E-state index is -0.528. The molecule has 0 bridgehead atoms. The number of aromatic nitrogens is 1. The van der Waals surface area contributed by atoms with E-state index in [0.717, 1.165) is 16.6 Å². The zero-order chi connectivity index (χ0) is 22.5. The lowest BCUT2D eigenvalue weighted by Crippen LogP contribution is -2.31. The fourth-order valence-corrected chi connectivity index (χ4v) is 3.14. The summed E-state index contributed by atoms with van der Waals surface area (Å²) in [6.07, 6.45) is 1.73. The number of rotatable bonds is 7. The van der Waals surface area contributed by atoms with E-state index >= 15 is 0 Å². The van der Waals surface area contributed by atoms with Crippen molar-refractivity contribution >= 4 is 33.9 Å². The van der Waals surface area contributed by atoms with Crippen LogP contribution in [-0.4, -0.2) is 21.9 Å². The van der Waals surface area contributed by atoms with E-state index in [2.05, 4.69) is 15.6 Å². The van der Waals surface area contributed by atoms with Crippen LogP contribution < -0.4 is 15.4 Å². The third-order valence-corrected chi connectivity index (χ3v) is 4.80. The monoisotopic (exact) mass is 428 g/mol. The molecule has 8 heteroatoms. The highest BCUT2D eigenvalue weighted by Crippen LogP contribution is 2.29. The van der Waals surface area contributed by atoms with E-state index in [4.69, 9.17) is 4.74 Å². The molecule has 8 nitrogen and oxygen atoms in total. The van der Waals surface area contributed by atoms with Gasteiger partial charge in [0.1, 0.15) is 17.3 Å². The van der Waals surface area contributed by atoms with Crippen molar-refractivity contribution in [3.05, 3.63) is 95.2 Å². The molecule has 0 saturated heterocycles. The number of carbonyl (C=O) groups excluding carboxylic acids is 1. The van der Waals surface area contributed by atoms with Crippen LogP contribution in [-0.2, 0) is 4.79 Å². The number of hydrogen-bond donors (Lipinski definition) is 2. The molecule has 32 heavy (non-hydrogen) atoms. The van der Waals surface area contributed by atoms with Crippen LogP contribution in [0.25, 0.3) is 10.9 Å². The first kappa shape index (κ1) is 20.8. The number of nitrogens with zero attached hydrogens (tertiary/aromatic N) is 2. The number of pyridine rings is 1. The molecule has 2 N–H and O–H groups in total. The summed E-state index contributed by atoms with van der Waals surface area (Å²) in [6.45, 7) is 1.73. The van der Waals surface area contributed by atoms with Gasteiger partial charge in [-0.15, -0.1) is 0 Å². The molecule has 3 aromatic carbocycles. The first-order valence-corrected chi connectivity index (χ1v) is 9.93. The zero-order valence-corrected chi connectivity index (χ0v) is 17.2. The molecule has 1 aromatic heterocycles. The van der Waals surface area contributed by atoms with Crippen molar-refractivity contribution in [3.8, 4) is 11.5 Å². The Morgan fingerprint density at radius 3 is 2.38 bits per heavy atom. The van der Waals surface area contributed by atoms with Crippen LogP contribution in [0.15, 0.2) is 85.1 Å². The molecule has 4 aromatic rings. The molecule has 160 valence electrons. The molecule has 4 rings (SSSR count). The number of nitrogens with one attached hydrogen (secondary N) is 2. The Labute approximate surface area is 184 Å². The van der Waals surface area contributed by atoms with E-state index in [9.17, 15) is 14.9 Å². The van der Waals surface area contributed by atoms with Crippen molar-refractivity contribution < 1.29 is 14.5 Å². The van der Waals surface area contributed by atoms with Crippen LogP contribution in [0.4, 0.5) is 17.1 Å². The Hall–Kier alpha value is -4.46. The zero-order valence-electron chi connectivity index (χ0n) is 17.2. The van der Waals surface area contributed by atoms with Crippen LogP contribution in [0.1, 0.15) is 6.92 Å². The molecule has 0 fully saturated rings. The number of para-hydroxylation sites is 1. The van der Waals surface area contributed by atoms with Gasteiger partial charge in [-0.2, -0.15) is 0 Å². The number of carbonyl (C=O) groups is 1. The molecule has 1 atom stereocenters. The summed E-state index contributed by atoms with van der Waals surface area (Å²) in [5.41, 5.74) is 1.99. The Balaban J connectivity index is 1.37. The van der Waals surface area contributed by atoms with Crippen molar-refractivity contribution in [2.45, 2.75) is 13.0 Å². The average Bonchev–Trinajstić information content (AvgIpc) is 2.81. The van der Waals surface area contributed by atoms with Gasteiger partial charge in [-0.3, -0.25) is 19.9 Å². The van der Waals surface area contributed by atoms with E-state index in [1.165, 1.54) is 24.3 Å². The van der Waals surface area contributed by atoms with Crippen molar-refractivity contribution in [2.24, 2.45) is 0 Å². The van der Waals surface area contributed by atoms with E-state index in [1.54, 1.807) is 13.1 Å². The summed E-state index contributed by atoms with van der Waals surface area (Å²) < 4.78 is 5.99. The average molecular weight is 428 g/mol. The second-order valence-corrected chi connectivity index (χ2v) is 7.12. The van der Waals surface area contributed by atoms with Gasteiger partial charge in [-0.25, -0.2) is 0 Å². The van der Waals surface area contributed by atoms with Gasteiger partial charge in [0.05, 0.1) is 4.92 Å². The fraction of sp³-hybridized carbons (Fsp3) is 0.0833. The molecule has 0 aliphatic carbocycles. The fourth-order valence-electron chi connectivity index (χ4n) is 3.14. The quantitative estimate of drug-likeness (QED) is 0.303. The number of nitro benzene ring substituents is 1. The molecule has 1 unspecified atom stereocenters. The van der Waals surface area contributed by atoms with Crippen molar-refractivity contribution in [1.29, 1.82) is 0 Å². The third-order valence-electron chi connectivity index (χ3n) is 4.80. The van der Waals surface area contributed by atoms with Crippen LogP contribution in [0, 0.1) is 10.1 Å². The van der Waals surface area contributed by atoms with E-state index < -0.39 is 11.0 Å². The standard InChI is InChI=1S/C24H20N4O4/c1-16(24(29)27-19-7-11-20(12-8-19)28(30)31)26-18-9-13-21(14-10-18)32-22-6-2-4-17-5-3-15-25-23(17)22/h2-16,26H,1H3,(H,27,29). The Kier molecular flexibility index (Phi) is 5.94. The summed E-state index contributed by atoms with van der Waals surface area (Å²) in [7, 11) is 0. The largest absolute Gasteiger partial charge is 0.455 e. The first-order valence-electron chi connectivity index (χ1n) is 9.93. The number of non-ortho nitro benzene ring substituents is 1. The van der Waals surface area contributed by atoms with Crippen LogP contribution >= 0.6 is 0 Å². The summed E-state index contributed by atoms with van der Waals surface area (Å²) >= 11 is 0. The minimum absolute atomic E-state index is 0.0317. The van der Waals surface area contributed by atoms with Gasteiger partial charge in [-0.1, -0.05) is 18.2 Å². The van der Waals surface area contributed by atoms with E-state index in [-0.39, 0.29) is 11.6 Å². The number of hydrogen-bond acceptors (Lipinski definition) is 6. The maximum absolute atomic E-state index is 12.4. The van der Waals surface area contributed by atoms with Gasteiger partial charge in [0.15, 0.2) is 5.75 Å². The highest BCUT2D eigenvalue weighted by atomic mass is 16.6. The maximum atomic E-state index is 12.4. The summed E-state index contributed by atoms with van der Waals surface area (Å²) in [4.78, 5) is 27.1. The van der Waals surface area contributed by atoms with Gasteiger partial charge in [0.2, 0.25) is 5.91 Å². The number of amides is 1. The highest BCUT2D eigenvalue weighted by molar-refractivity contribution is 5.96. The van der Waals surface area contributed by atoms with E-state index in [1.807, 2.05) is 54.6 Å². The molecule has 0 spiro atoms. The molecule has 1 heterocycles. The van der Waals surface area contributed by atoms with Crippen LogP contribution in [0.2, 0.25) is 0 Å². The summed E-state index contributed by atoms with van der Waals surface area (Å²) in [5.74, 6) is 1.05. The van der Waals surface area contributed by atoms with Crippen molar-refractivity contribution in [2.75, 3.05) is 10.6 Å². The van der Waals surface area contributed by atoms with Crippen LogP contribution in [0.3, 0.4) is 0 Å². The van der Waals surface area contributed by atoms with E-state index in [0.29, 0.717) is 17.2 Å². The lowest BCUT2D eigenvalue weighted by atomic mass is 10.2. The SMILES string of the molecule is CC(Nc1ccc(Oc2cccc3cccnc23)cc1)C(=O)Nc1ccc([N+](=O)[O-])cc1. The Morgan fingerprint density at radius 2 is 1.66 bits per heavy atom. The molecule has 1 amide bonds. The smallest absolute Gasteiger partial charge is 0.269 e. The number of anilines is 2. The Bertz CT molecular complexity index is 1250. The summed E-state index contributed by atoms with van der Waals surface area (Å²) in [6, 6.07) is 22.0. The lowest BCUT2D eigenvalue weighted by Gasteiger charge is -2.16. The number of benzene rings is 3. The lowest BCUT2D eigenvalue weighted by molar-refractivity contribution is -0.384. The predicted octanol–water partition coefficient (Wildman–Crippen LogP) is 5.37. The molecular formula is C24H20N4O4. The first-order chi connectivity index (χ1) is 15.5. The third kappa shape index (κ3) is 4.81. The van der Waals surface area contributed by atoms with Gasteiger partial charge in [-0.05, 0) is 55.5 Å². The van der Waals surface area contributed by atoms with Gasteiger partial charge in [0, 0.05) is 35.1 Å². The molecule has 0 aliphatic rings. The molecule has 0 saturated carbocycles. The molecule has 0 aliphatic heterocycles. The Morgan fingerprint density at radius 1 is 0.969 bits per heavy atom. The van der Waals surface area contributed by atoms with Crippen molar-refractivity contribution in [1.82, 2.24) is 4.98 Å². The topological polar surface area (TPSA) is 106 Å². The number of nitro groups is 1. The highest BCUT2D eigenvalue weighted by Gasteiger charge is 2.14. The maximum Gasteiger partial charge on any atom is 0.269 e. The molecular weight excluding hydrogens is 408 g/mol. The molecule has 0 radical (unpaired) electrons. The van der Waals surface area contributed by atoms with Gasteiger partial charge in [0.25, 0.3) is 5.69 Å². The van der Waals surface area contributed by atoms with Crippen LogP contribution in [0.5, 0.6) is 11.5 Å². The normalized spacial score (nSPS) is 11.5. The van der Waals surface area contributed by atoms with Gasteiger partial charge < -0.3 is 15.4 Å². The summed E-state index contributed by atoms with van der Waals surface area (Å²) in [5, 5.41) is 17.6. The number of fused-ring (bicyclic) bond motifs is 1. The van der Waals surface area contributed by atoms with Crippen molar-refractivity contribution in [3.63, 3.8) is 0 Å². The van der Waals surface area contributed by atoms with Gasteiger partial charge >= 0.3 is 0 Å².